The van der Waals surface area contributed by atoms with Crippen LogP contribution in [0.1, 0.15) is 44.9 Å². The number of methoxy groups -OCH3 is 1. The molecule has 9 nitrogen and oxygen atoms in total. The van der Waals surface area contributed by atoms with Crippen LogP contribution in [0.3, 0.4) is 0 Å². The zero-order chi connectivity index (χ0) is 27.5. The van der Waals surface area contributed by atoms with Gasteiger partial charge in [0.2, 0.25) is 0 Å². The Labute approximate surface area is 228 Å². The molecule has 2 aromatic carbocycles. The van der Waals surface area contributed by atoms with Gasteiger partial charge in [-0.25, -0.2) is 9.78 Å². The first-order chi connectivity index (χ1) is 18.9. The number of rotatable bonds is 7. The summed E-state index contributed by atoms with van der Waals surface area (Å²) < 4.78 is 10.6. The van der Waals surface area contributed by atoms with Crippen molar-refractivity contribution in [3.63, 3.8) is 0 Å². The second-order valence-corrected chi connectivity index (χ2v) is 10.1. The van der Waals surface area contributed by atoms with Crippen LogP contribution in [-0.2, 0) is 16.0 Å². The number of hydrogen-bond donors (Lipinski definition) is 1. The lowest BCUT2D eigenvalue weighted by atomic mass is 9.86. The number of aryl methyl sites for hydroxylation is 1. The number of carbonyl (C=O) groups is 2. The van der Waals surface area contributed by atoms with Gasteiger partial charge in [0, 0.05) is 28.1 Å². The number of thiophene rings is 1. The lowest BCUT2D eigenvalue weighted by Gasteiger charge is -2.22. The number of hydrogen-bond acceptors (Lipinski definition) is 8. The third-order valence-electron chi connectivity index (χ3n) is 6.57. The number of carbonyl (C=O) groups excluding carboxylic acids is 2. The molecule has 0 saturated heterocycles. The fraction of sp³-hybridized carbons (Fsp3) is 0.207. The minimum absolute atomic E-state index is 0.0131. The summed E-state index contributed by atoms with van der Waals surface area (Å²) in [5, 5.41) is 16.6. The predicted molar refractivity (Wildman–Crippen MR) is 150 cm³/mol. The van der Waals surface area contributed by atoms with Gasteiger partial charge in [-0.05, 0) is 66.5 Å². The van der Waals surface area contributed by atoms with Gasteiger partial charge in [-0.2, -0.15) is 0 Å². The van der Waals surface area contributed by atoms with E-state index in [0.717, 1.165) is 34.5 Å². The van der Waals surface area contributed by atoms with Crippen molar-refractivity contribution in [1.82, 2.24) is 4.98 Å². The Kier molecular flexibility index (Phi) is 7.38. The summed E-state index contributed by atoms with van der Waals surface area (Å²) >= 11 is 1.64. The van der Waals surface area contributed by atoms with Crippen LogP contribution in [0.2, 0.25) is 0 Å². The highest BCUT2D eigenvalue weighted by Gasteiger charge is 2.27. The van der Waals surface area contributed by atoms with Crippen molar-refractivity contribution in [3.05, 3.63) is 91.3 Å². The number of ether oxygens (including phenoxy) is 2. The van der Waals surface area contributed by atoms with E-state index < -0.39 is 23.4 Å². The number of benzene rings is 2. The number of aromatic nitrogens is 1. The summed E-state index contributed by atoms with van der Waals surface area (Å²) in [7, 11) is 1.31. The molecule has 0 unspecified atom stereocenters. The Morgan fingerprint density at radius 2 is 2.00 bits per heavy atom. The molecule has 1 N–H and O–H groups in total. The Morgan fingerprint density at radius 3 is 2.74 bits per heavy atom. The highest BCUT2D eigenvalue weighted by molar-refractivity contribution is 7.10. The molecule has 0 saturated carbocycles. The van der Waals surface area contributed by atoms with Crippen molar-refractivity contribution >= 4 is 57.1 Å². The summed E-state index contributed by atoms with van der Waals surface area (Å²) in [6.45, 7) is 1.10. The number of para-hydroxylation sites is 1. The van der Waals surface area contributed by atoms with E-state index in [2.05, 4.69) is 11.4 Å². The topological polar surface area (TPSA) is 121 Å². The SMILES string of the molecule is COc1cc(NC(=O)COC(=O)c2c3c(nc4ccccc24)/C(=C/c2cccs2)CCC3)c(C)cc1[N+](=O)[O-]. The third-order valence-corrected chi connectivity index (χ3v) is 7.38. The summed E-state index contributed by atoms with van der Waals surface area (Å²) in [5.74, 6) is -1.16. The maximum absolute atomic E-state index is 13.5. The lowest BCUT2D eigenvalue weighted by Crippen LogP contribution is -2.23. The first-order valence-corrected chi connectivity index (χ1v) is 13.2. The Morgan fingerprint density at radius 1 is 1.18 bits per heavy atom. The van der Waals surface area contributed by atoms with E-state index in [9.17, 15) is 19.7 Å². The molecule has 198 valence electrons. The van der Waals surface area contributed by atoms with Gasteiger partial charge in [0.1, 0.15) is 0 Å². The molecule has 39 heavy (non-hydrogen) atoms. The van der Waals surface area contributed by atoms with Crippen molar-refractivity contribution in [2.75, 3.05) is 19.0 Å². The smallest absolute Gasteiger partial charge is 0.339 e. The normalized spacial score (nSPS) is 13.6. The average Bonchev–Trinajstić information content (AvgIpc) is 3.44. The molecule has 1 aliphatic carbocycles. The molecule has 0 aliphatic heterocycles. The first-order valence-electron chi connectivity index (χ1n) is 12.3. The zero-order valence-corrected chi connectivity index (χ0v) is 22.2. The number of nitrogens with zero attached hydrogens (tertiary/aromatic N) is 2. The van der Waals surface area contributed by atoms with E-state index in [1.54, 1.807) is 18.3 Å². The average molecular weight is 544 g/mol. The first kappa shape index (κ1) is 26.1. The molecular weight excluding hydrogens is 518 g/mol. The van der Waals surface area contributed by atoms with Crippen LogP contribution in [0.25, 0.3) is 22.6 Å². The number of pyridine rings is 1. The fourth-order valence-electron chi connectivity index (χ4n) is 4.76. The number of nitro benzene ring substituents is 1. The van der Waals surface area contributed by atoms with Crippen LogP contribution in [0.5, 0.6) is 5.75 Å². The number of nitro groups is 1. The molecule has 0 radical (unpaired) electrons. The molecule has 2 aromatic heterocycles. The van der Waals surface area contributed by atoms with Gasteiger partial charge in [0.15, 0.2) is 12.4 Å². The Hall–Kier alpha value is -4.57. The quantitative estimate of drug-likeness (QED) is 0.167. The maximum atomic E-state index is 13.5. The van der Waals surface area contributed by atoms with Gasteiger partial charge >= 0.3 is 11.7 Å². The molecule has 5 rings (SSSR count). The fourth-order valence-corrected chi connectivity index (χ4v) is 5.44. The monoisotopic (exact) mass is 543 g/mol. The molecular formula is C29H25N3O6S. The van der Waals surface area contributed by atoms with Gasteiger partial charge in [-0.15, -0.1) is 11.3 Å². The van der Waals surface area contributed by atoms with Crippen molar-refractivity contribution in [2.24, 2.45) is 0 Å². The molecule has 10 heteroatoms. The number of esters is 1. The van der Waals surface area contributed by atoms with Crippen molar-refractivity contribution in [1.29, 1.82) is 0 Å². The summed E-state index contributed by atoms with van der Waals surface area (Å²) in [6.07, 6.45) is 4.51. The molecule has 0 spiro atoms. The van der Waals surface area contributed by atoms with Gasteiger partial charge in [-0.3, -0.25) is 14.9 Å². The minimum atomic E-state index is -0.602. The summed E-state index contributed by atoms with van der Waals surface area (Å²) in [6, 6.07) is 14.1. The number of nitrogens with one attached hydrogen (secondary N) is 1. The molecule has 0 atom stereocenters. The van der Waals surface area contributed by atoms with Crippen LogP contribution in [0, 0.1) is 17.0 Å². The Bertz CT molecular complexity index is 1630. The van der Waals surface area contributed by atoms with E-state index in [1.165, 1.54) is 19.2 Å². The van der Waals surface area contributed by atoms with E-state index in [1.807, 2.05) is 41.8 Å². The van der Waals surface area contributed by atoms with Crippen LogP contribution in [0.4, 0.5) is 11.4 Å². The van der Waals surface area contributed by atoms with Crippen LogP contribution in [0.15, 0.2) is 53.9 Å². The third kappa shape index (κ3) is 5.37. The highest BCUT2D eigenvalue weighted by Crippen LogP contribution is 2.37. The summed E-state index contributed by atoms with van der Waals surface area (Å²) in [4.78, 5) is 42.9. The second kappa shape index (κ2) is 11.0. The predicted octanol–water partition coefficient (Wildman–Crippen LogP) is 6.19. The zero-order valence-electron chi connectivity index (χ0n) is 21.4. The minimum Gasteiger partial charge on any atom is -0.490 e. The lowest BCUT2D eigenvalue weighted by molar-refractivity contribution is -0.385. The highest BCUT2D eigenvalue weighted by atomic mass is 32.1. The van der Waals surface area contributed by atoms with Gasteiger partial charge in [0.25, 0.3) is 5.91 Å². The number of amides is 1. The van der Waals surface area contributed by atoms with E-state index in [-0.39, 0.29) is 11.4 Å². The second-order valence-electron chi connectivity index (χ2n) is 9.09. The van der Waals surface area contributed by atoms with Crippen molar-refractivity contribution in [2.45, 2.75) is 26.2 Å². The van der Waals surface area contributed by atoms with Crippen molar-refractivity contribution in [3.8, 4) is 5.75 Å². The maximum Gasteiger partial charge on any atom is 0.339 e. The molecule has 1 amide bonds. The number of fused-ring (bicyclic) bond motifs is 2. The molecule has 0 bridgehead atoms. The molecule has 4 aromatic rings. The number of allylic oxidation sites excluding steroid dienone is 1. The largest absolute Gasteiger partial charge is 0.490 e. The van der Waals surface area contributed by atoms with E-state index in [4.69, 9.17) is 14.5 Å². The van der Waals surface area contributed by atoms with Crippen molar-refractivity contribution < 1.29 is 24.0 Å². The molecule has 0 fully saturated rings. The van der Waals surface area contributed by atoms with Gasteiger partial charge in [-0.1, -0.05) is 24.3 Å². The Balaban J connectivity index is 1.41. The van der Waals surface area contributed by atoms with Crippen LogP contribution >= 0.6 is 11.3 Å². The molecule has 2 heterocycles. The van der Waals surface area contributed by atoms with E-state index in [0.29, 0.717) is 34.1 Å². The molecule has 1 aliphatic rings. The number of anilines is 1. The standard InChI is InChI=1S/C29H25N3O6S/c1-17-13-24(32(35)36)25(37-2)15-23(17)30-26(33)16-38-29(34)27-20-9-3-4-11-22(20)31-28-18(7-5-10-21(27)28)14-19-8-6-12-39-19/h3-4,6,8-9,11-15H,5,7,10,16H2,1-2H3,(H,30,33)/b18-14+. The van der Waals surface area contributed by atoms with Crippen LogP contribution < -0.4 is 10.1 Å². The summed E-state index contributed by atoms with van der Waals surface area (Å²) in [5.41, 5.74) is 4.38. The van der Waals surface area contributed by atoms with Gasteiger partial charge < -0.3 is 14.8 Å². The van der Waals surface area contributed by atoms with E-state index >= 15 is 0 Å². The van der Waals surface area contributed by atoms with Crippen LogP contribution in [-0.4, -0.2) is 35.5 Å². The van der Waals surface area contributed by atoms with Gasteiger partial charge in [0.05, 0.1) is 28.8 Å².